The zero-order valence-electron chi connectivity index (χ0n) is 7.05. The lowest BCUT2D eigenvalue weighted by Gasteiger charge is -2.02. The molecule has 0 heterocycles. The Balaban J connectivity index is 2.27. The highest BCUT2D eigenvalue weighted by molar-refractivity contribution is 5.09. The van der Waals surface area contributed by atoms with Crippen molar-refractivity contribution in [2.75, 3.05) is 6.54 Å². The van der Waals surface area contributed by atoms with Crippen molar-refractivity contribution >= 4 is 0 Å². The van der Waals surface area contributed by atoms with Gasteiger partial charge in [-0.05, 0) is 38.6 Å². The van der Waals surface area contributed by atoms with Crippen LogP contribution in [0.1, 0.15) is 32.1 Å². The van der Waals surface area contributed by atoms with Gasteiger partial charge in [-0.3, -0.25) is 0 Å². The molecule has 11 heavy (non-hydrogen) atoms. The second-order valence-corrected chi connectivity index (χ2v) is 3.00. The topological polar surface area (TPSA) is 26.0 Å². The van der Waals surface area contributed by atoms with Crippen molar-refractivity contribution < 1.29 is 0 Å². The van der Waals surface area contributed by atoms with Crippen molar-refractivity contribution in [3.8, 4) is 0 Å². The first-order chi connectivity index (χ1) is 5.43. The van der Waals surface area contributed by atoms with Crippen LogP contribution in [0.4, 0.5) is 0 Å². The summed E-state index contributed by atoms with van der Waals surface area (Å²) in [5.41, 5.74) is 7.04. The van der Waals surface area contributed by atoms with Gasteiger partial charge in [-0.15, -0.1) is 0 Å². The van der Waals surface area contributed by atoms with Gasteiger partial charge in [0.15, 0.2) is 0 Å². The van der Waals surface area contributed by atoms with E-state index in [0.717, 1.165) is 19.4 Å². The van der Waals surface area contributed by atoms with Crippen molar-refractivity contribution in [1.29, 1.82) is 0 Å². The molecule has 0 amide bonds. The fourth-order valence-corrected chi connectivity index (χ4v) is 1.38. The summed E-state index contributed by atoms with van der Waals surface area (Å²) < 4.78 is 0. The average Bonchev–Trinajstić information content (AvgIpc) is 2.28. The summed E-state index contributed by atoms with van der Waals surface area (Å²) in [4.78, 5) is 0. The van der Waals surface area contributed by atoms with Crippen LogP contribution in [0.15, 0.2) is 23.8 Å². The molecule has 1 heteroatoms. The maximum atomic E-state index is 5.44. The van der Waals surface area contributed by atoms with Gasteiger partial charge in [-0.2, -0.15) is 0 Å². The van der Waals surface area contributed by atoms with Crippen LogP contribution in [0.5, 0.6) is 0 Å². The number of rotatable bonds is 3. The van der Waals surface area contributed by atoms with Crippen LogP contribution in [0.25, 0.3) is 0 Å². The molecule has 0 aliphatic heterocycles. The summed E-state index contributed by atoms with van der Waals surface area (Å²) >= 11 is 0. The molecule has 2 N–H and O–H groups in total. The molecule has 1 aliphatic carbocycles. The van der Waals surface area contributed by atoms with Gasteiger partial charge < -0.3 is 5.73 Å². The van der Waals surface area contributed by atoms with E-state index in [1.807, 2.05) is 0 Å². The van der Waals surface area contributed by atoms with Gasteiger partial charge in [0.1, 0.15) is 0 Å². The lowest BCUT2D eigenvalue weighted by Crippen LogP contribution is -1.98. The zero-order valence-corrected chi connectivity index (χ0v) is 7.05. The molecule has 62 valence electrons. The summed E-state index contributed by atoms with van der Waals surface area (Å²) in [7, 11) is 0. The predicted octanol–water partition coefficient (Wildman–Crippen LogP) is 2.39. The summed E-state index contributed by atoms with van der Waals surface area (Å²) in [5, 5.41) is 0. The van der Waals surface area contributed by atoms with Crippen molar-refractivity contribution in [3.63, 3.8) is 0 Å². The molecule has 1 nitrogen and oxygen atoms in total. The zero-order chi connectivity index (χ0) is 7.94. The monoisotopic (exact) mass is 151 g/mol. The lowest BCUT2D eigenvalue weighted by molar-refractivity contribution is 0.781. The second kappa shape index (κ2) is 5.14. The number of hydrogen-bond acceptors (Lipinski definition) is 1. The minimum atomic E-state index is 0.824. The van der Waals surface area contributed by atoms with E-state index in [4.69, 9.17) is 5.73 Å². The normalized spacial score (nSPS) is 17.7. The molecule has 0 bridgehead atoms. The molecule has 0 aromatic heterocycles. The highest BCUT2D eigenvalue weighted by atomic mass is 14.5. The fraction of sp³-hybridized carbons (Fsp3) is 0.600. The van der Waals surface area contributed by atoms with Crippen molar-refractivity contribution in [2.45, 2.75) is 32.1 Å². The summed E-state index contributed by atoms with van der Waals surface area (Å²) in [5.74, 6) is 0. The van der Waals surface area contributed by atoms with E-state index < -0.39 is 0 Å². The van der Waals surface area contributed by atoms with E-state index in [1.54, 1.807) is 5.57 Å². The minimum absolute atomic E-state index is 0.824. The molecule has 0 atom stereocenters. The summed E-state index contributed by atoms with van der Waals surface area (Å²) in [6, 6.07) is 0. The molecule has 0 fully saturated rings. The van der Waals surface area contributed by atoms with Gasteiger partial charge in [-0.25, -0.2) is 0 Å². The summed E-state index contributed by atoms with van der Waals surface area (Å²) in [6.07, 6.45) is 12.8. The molecule has 1 aliphatic rings. The number of allylic oxidation sites excluding steroid dienone is 4. The van der Waals surface area contributed by atoms with Crippen LogP contribution in [-0.2, 0) is 0 Å². The SMILES string of the molecule is NCCCC1=CCC=CCC1. The van der Waals surface area contributed by atoms with E-state index in [2.05, 4.69) is 18.2 Å². The van der Waals surface area contributed by atoms with Gasteiger partial charge in [0, 0.05) is 0 Å². The molecular formula is C10H17N. The van der Waals surface area contributed by atoms with E-state index in [-0.39, 0.29) is 0 Å². The molecular weight excluding hydrogens is 134 g/mol. The Kier molecular flexibility index (Phi) is 3.99. The Hall–Kier alpha value is -0.560. The van der Waals surface area contributed by atoms with Gasteiger partial charge >= 0.3 is 0 Å². The highest BCUT2D eigenvalue weighted by Gasteiger charge is 1.97. The Bertz CT molecular complexity index is 156. The quantitative estimate of drug-likeness (QED) is 0.616. The Morgan fingerprint density at radius 1 is 1.36 bits per heavy atom. The molecule has 1 rings (SSSR count). The summed E-state index contributed by atoms with van der Waals surface area (Å²) in [6.45, 7) is 0.824. The van der Waals surface area contributed by atoms with Crippen LogP contribution < -0.4 is 5.73 Å². The van der Waals surface area contributed by atoms with Gasteiger partial charge in [0.2, 0.25) is 0 Å². The first-order valence-corrected chi connectivity index (χ1v) is 4.46. The second-order valence-electron chi connectivity index (χ2n) is 3.00. The largest absolute Gasteiger partial charge is 0.330 e. The first kappa shape index (κ1) is 8.54. The molecule has 0 radical (unpaired) electrons. The molecule has 0 spiro atoms. The molecule has 0 unspecified atom stereocenters. The maximum absolute atomic E-state index is 5.44. The number of nitrogens with two attached hydrogens (primary N) is 1. The fourth-order valence-electron chi connectivity index (χ4n) is 1.38. The van der Waals surface area contributed by atoms with E-state index in [1.165, 1.54) is 19.3 Å². The molecule has 0 aromatic carbocycles. The van der Waals surface area contributed by atoms with E-state index >= 15 is 0 Å². The van der Waals surface area contributed by atoms with Crippen LogP contribution in [0.2, 0.25) is 0 Å². The van der Waals surface area contributed by atoms with Crippen LogP contribution in [-0.4, -0.2) is 6.54 Å². The smallest absolute Gasteiger partial charge is 0.00742 e. The van der Waals surface area contributed by atoms with Gasteiger partial charge in [0.05, 0.1) is 0 Å². The Morgan fingerprint density at radius 3 is 3.09 bits per heavy atom. The van der Waals surface area contributed by atoms with Crippen molar-refractivity contribution in [1.82, 2.24) is 0 Å². The van der Waals surface area contributed by atoms with Crippen LogP contribution >= 0.6 is 0 Å². The third kappa shape index (κ3) is 3.38. The van der Waals surface area contributed by atoms with Crippen LogP contribution in [0.3, 0.4) is 0 Å². The lowest BCUT2D eigenvalue weighted by atomic mass is 10.1. The van der Waals surface area contributed by atoms with E-state index in [0.29, 0.717) is 0 Å². The third-order valence-corrected chi connectivity index (χ3v) is 2.04. The maximum Gasteiger partial charge on any atom is -0.00742 e. The van der Waals surface area contributed by atoms with Crippen LogP contribution in [0, 0.1) is 0 Å². The highest BCUT2D eigenvalue weighted by Crippen LogP contribution is 2.16. The number of hydrogen-bond donors (Lipinski definition) is 1. The standard InChI is InChI=1S/C10H17N/c11-9-5-8-10-6-3-1-2-4-7-10/h1-2,6H,3-5,7-9,11H2. The van der Waals surface area contributed by atoms with Crippen molar-refractivity contribution in [2.24, 2.45) is 5.73 Å². The third-order valence-electron chi connectivity index (χ3n) is 2.04. The minimum Gasteiger partial charge on any atom is -0.330 e. The van der Waals surface area contributed by atoms with E-state index in [9.17, 15) is 0 Å². The Labute approximate surface area is 69.0 Å². The first-order valence-electron chi connectivity index (χ1n) is 4.46. The molecule has 0 saturated carbocycles. The predicted molar refractivity (Wildman–Crippen MR) is 49.4 cm³/mol. The van der Waals surface area contributed by atoms with Gasteiger partial charge in [0.25, 0.3) is 0 Å². The molecule has 0 aromatic rings. The van der Waals surface area contributed by atoms with Gasteiger partial charge in [-0.1, -0.05) is 23.8 Å². The Morgan fingerprint density at radius 2 is 2.27 bits per heavy atom. The van der Waals surface area contributed by atoms with Crippen molar-refractivity contribution in [3.05, 3.63) is 23.8 Å². The molecule has 0 saturated heterocycles. The average molecular weight is 151 g/mol.